The van der Waals surface area contributed by atoms with Gasteiger partial charge < -0.3 is 5.32 Å². The van der Waals surface area contributed by atoms with Gasteiger partial charge in [-0.3, -0.25) is 10.1 Å². The molecule has 0 bridgehead atoms. The molecule has 1 aromatic heterocycles. The van der Waals surface area contributed by atoms with Gasteiger partial charge in [-0.15, -0.1) is 22.9 Å². The Balaban J connectivity index is 2.34. The fourth-order valence-corrected chi connectivity index (χ4v) is 2.04. The maximum absolute atomic E-state index is 11.2. The van der Waals surface area contributed by atoms with E-state index in [4.69, 9.17) is 11.6 Å². The van der Waals surface area contributed by atoms with Crippen molar-refractivity contribution in [1.29, 1.82) is 0 Å². The molecule has 0 radical (unpaired) electrons. The van der Waals surface area contributed by atoms with Gasteiger partial charge in [-0.05, 0) is 18.6 Å². The molecule has 3 amide bonds. The minimum atomic E-state index is -0.517. The summed E-state index contributed by atoms with van der Waals surface area (Å²) in [5.41, 5.74) is 0. The number of carbonyl (C=O) groups is 2. The lowest BCUT2D eigenvalue weighted by Gasteiger charge is -2.03. The maximum Gasteiger partial charge on any atom is 0.321 e. The lowest BCUT2D eigenvalue weighted by atomic mass is 10.4. The Morgan fingerprint density at radius 3 is 2.62 bits per heavy atom. The molecule has 0 saturated carbocycles. The lowest BCUT2D eigenvalue weighted by Crippen LogP contribution is -2.39. The first-order valence-corrected chi connectivity index (χ1v) is 6.22. The van der Waals surface area contributed by atoms with Crippen molar-refractivity contribution in [3.05, 3.63) is 21.9 Å². The van der Waals surface area contributed by atoms with E-state index in [1.54, 1.807) is 11.3 Å². The van der Waals surface area contributed by atoms with E-state index in [9.17, 15) is 9.59 Å². The van der Waals surface area contributed by atoms with E-state index in [0.717, 1.165) is 11.3 Å². The van der Waals surface area contributed by atoms with Gasteiger partial charge in [-0.25, -0.2) is 4.79 Å². The summed E-state index contributed by atoms with van der Waals surface area (Å²) in [6.07, 6.45) is 0.988. The van der Waals surface area contributed by atoms with E-state index >= 15 is 0 Å². The number of hydrogen-bond acceptors (Lipinski definition) is 3. The van der Waals surface area contributed by atoms with Crippen molar-refractivity contribution in [2.45, 2.75) is 19.9 Å². The van der Waals surface area contributed by atoms with Crippen LogP contribution in [0.25, 0.3) is 0 Å². The summed E-state index contributed by atoms with van der Waals surface area (Å²) in [6, 6.07) is 3.48. The van der Waals surface area contributed by atoms with Crippen LogP contribution in [-0.2, 0) is 17.8 Å². The van der Waals surface area contributed by atoms with Gasteiger partial charge in [0.25, 0.3) is 0 Å². The summed E-state index contributed by atoms with van der Waals surface area (Å²) in [7, 11) is 0. The van der Waals surface area contributed by atoms with Crippen molar-refractivity contribution < 1.29 is 9.59 Å². The van der Waals surface area contributed by atoms with Crippen LogP contribution in [0.3, 0.4) is 0 Å². The van der Waals surface area contributed by atoms with E-state index < -0.39 is 11.9 Å². The van der Waals surface area contributed by atoms with E-state index in [0.29, 0.717) is 6.54 Å². The third kappa shape index (κ3) is 4.20. The van der Waals surface area contributed by atoms with Crippen LogP contribution in [0.1, 0.15) is 16.7 Å². The van der Waals surface area contributed by atoms with Crippen LogP contribution >= 0.6 is 22.9 Å². The monoisotopic (exact) mass is 260 g/mol. The van der Waals surface area contributed by atoms with Gasteiger partial charge in [-0.2, -0.15) is 0 Å². The quantitative estimate of drug-likeness (QED) is 0.812. The lowest BCUT2D eigenvalue weighted by molar-refractivity contribution is -0.117. The molecule has 1 heterocycles. The predicted molar refractivity (Wildman–Crippen MR) is 64.8 cm³/mol. The standard InChI is InChI=1S/C10H13ClN2O2S/c1-2-7-3-4-8(16-7)6-12-10(15)13-9(14)5-11/h3-4H,2,5-6H2,1H3,(H2,12,13,14,15). The number of thiophene rings is 1. The largest absolute Gasteiger partial charge is 0.333 e. The third-order valence-electron chi connectivity index (χ3n) is 1.86. The van der Waals surface area contributed by atoms with E-state index in [2.05, 4.69) is 17.6 Å². The average molecular weight is 261 g/mol. The number of imide groups is 1. The highest BCUT2D eigenvalue weighted by Gasteiger charge is 2.06. The first kappa shape index (κ1) is 13.0. The number of amides is 3. The summed E-state index contributed by atoms with van der Waals surface area (Å²) in [5.74, 6) is -0.716. The van der Waals surface area contributed by atoms with Crippen LogP contribution in [0, 0.1) is 0 Å². The molecule has 1 aromatic rings. The summed E-state index contributed by atoms with van der Waals surface area (Å²) < 4.78 is 0. The van der Waals surface area contributed by atoms with E-state index in [-0.39, 0.29) is 5.88 Å². The predicted octanol–water partition coefficient (Wildman–Crippen LogP) is 1.88. The Kier molecular flexibility index (Phi) is 5.28. The number of halogens is 1. The second-order valence-corrected chi connectivity index (χ2v) is 4.61. The van der Waals surface area contributed by atoms with Crippen molar-refractivity contribution >= 4 is 34.9 Å². The number of urea groups is 1. The molecule has 0 aliphatic rings. The fraction of sp³-hybridized carbons (Fsp3) is 0.400. The van der Waals surface area contributed by atoms with Crippen LogP contribution in [0.4, 0.5) is 4.79 Å². The number of hydrogen-bond donors (Lipinski definition) is 2. The van der Waals surface area contributed by atoms with Crippen LogP contribution in [0.15, 0.2) is 12.1 Å². The second-order valence-electron chi connectivity index (χ2n) is 3.09. The van der Waals surface area contributed by atoms with Crippen LogP contribution in [0.2, 0.25) is 0 Å². The van der Waals surface area contributed by atoms with Crippen molar-refractivity contribution in [3.63, 3.8) is 0 Å². The van der Waals surface area contributed by atoms with Gasteiger partial charge in [0.05, 0.1) is 6.54 Å². The van der Waals surface area contributed by atoms with E-state index in [1.807, 2.05) is 12.1 Å². The minimum Gasteiger partial charge on any atom is -0.333 e. The SMILES string of the molecule is CCc1ccc(CNC(=O)NC(=O)CCl)s1. The Morgan fingerprint density at radius 2 is 2.06 bits per heavy atom. The number of nitrogens with one attached hydrogen (secondary N) is 2. The molecule has 88 valence electrons. The first-order valence-electron chi connectivity index (χ1n) is 4.87. The summed E-state index contributed by atoms with van der Waals surface area (Å²) in [5, 5.41) is 4.69. The molecule has 0 aliphatic heterocycles. The molecule has 6 heteroatoms. The smallest absolute Gasteiger partial charge is 0.321 e. The zero-order valence-electron chi connectivity index (χ0n) is 8.88. The Labute approximate surface area is 103 Å². The maximum atomic E-state index is 11.2. The highest BCUT2D eigenvalue weighted by Crippen LogP contribution is 2.16. The van der Waals surface area contributed by atoms with Crippen molar-refractivity contribution in [1.82, 2.24) is 10.6 Å². The molecule has 4 nitrogen and oxygen atoms in total. The van der Waals surface area contributed by atoms with Gasteiger partial charge in [0, 0.05) is 9.75 Å². The van der Waals surface area contributed by atoms with Gasteiger partial charge in [0.15, 0.2) is 0 Å². The topological polar surface area (TPSA) is 58.2 Å². The van der Waals surface area contributed by atoms with Crippen molar-refractivity contribution in [2.24, 2.45) is 0 Å². The number of alkyl halides is 1. The average Bonchev–Trinajstić information content (AvgIpc) is 2.74. The molecular formula is C10H13ClN2O2S. The molecule has 0 unspecified atom stereocenters. The molecule has 0 fully saturated rings. The highest BCUT2D eigenvalue weighted by atomic mass is 35.5. The van der Waals surface area contributed by atoms with Gasteiger partial charge >= 0.3 is 6.03 Å². The zero-order valence-corrected chi connectivity index (χ0v) is 10.5. The number of rotatable bonds is 4. The molecule has 2 N–H and O–H groups in total. The molecule has 0 atom stereocenters. The van der Waals surface area contributed by atoms with Gasteiger partial charge in [-0.1, -0.05) is 6.92 Å². The van der Waals surface area contributed by atoms with Crippen molar-refractivity contribution in [3.8, 4) is 0 Å². The Bertz CT molecular complexity index is 379. The summed E-state index contributed by atoms with van der Waals surface area (Å²) in [4.78, 5) is 24.3. The van der Waals surface area contributed by atoms with Gasteiger partial charge in [0.1, 0.15) is 5.88 Å². The zero-order chi connectivity index (χ0) is 12.0. The second kappa shape index (κ2) is 6.50. The number of carbonyl (C=O) groups excluding carboxylic acids is 2. The molecule has 0 spiro atoms. The summed E-state index contributed by atoms with van der Waals surface area (Å²) >= 11 is 6.89. The Morgan fingerprint density at radius 1 is 1.38 bits per heavy atom. The number of aryl methyl sites for hydroxylation is 1. The molecule has 1 rings (SSSR count). The molecule has 0 aliphatic carbocycles. The molecule has 0 saturated heterocycles. The normalized spacial score (nSPS) is 9.88. The molecule has 16 heavy (non-hydrogen) atoms. The highest BCUT2D eigenvalue weighted by molar-refractivity contribution is 7.11. The fourth-order valence-electron chi connectivity index (χ4n) is 1.08. The minimum absolute atomic E-state index is 0.216. The van der Waals surface area contributed by atoms with Gasteiger partial charge in [0.2, 0.25) is 5.91 Å². The molecule has 0 aromatic carbocycles. The Hall–Kier alpha value is -1.07. The van der Waals surface area contributed by atoms with Crippen LogP contribution in [-0.4, -0.2) is 17.8 Å². The van der Waals surface area contributed by atoms with Crippen molar-refractivity contribution in [2.75, 3.05) is 5.88 Å². The first-order chi connectivity index (χ1) is 7.65. The van der Waals surface area contributed by atoms with Crippen LogP contribution < -0.4 is 10.6 Å². The van der Waals surface area contributed by atoms with Crippen LogP contribution in [0.5, 0.6) is 0 Å². The van der Waals surface area contributed by atoms with E-state index in [1.165, 1.54) is 4.88 Å². The third-order valence-corrected chi connectivity index (χ3v) is 3.34. The molecular weight excluding hydrogens is 248 g/mol. The summed E-state index contributed by atoms with van der Waals surface area (Å²) in [6.45, 7) is 2.50.